The third-order valence-electron chi connectivity index (χ3n) is 1.58. The van der Waals surface area contributed by atoms with Crippen LogP contribution in [-0.4, -0.2) is 5.88 Å². The highest BCUT2D eigenvalue weighted by Gasteiger charge is 2.10. The smallest absolute Gasteiger partial charge is 0.126 e. The summed E-state index contributed by atoms with van der Waals surface area (Å²) in [5.74, 6) is -1.15. The molecule has 0 saturated carbocycles. The highest BCUT2D eigenvalue weighted by atomic mass is 35.5. The van der Waals surface area contributed by atoms with Gasteiger partial charge in [0.2, 0.25) is 0 Å². The minimum absolute atomic E-state index is 0.181. The van der Waals surface area contributed by atoms with Crippen LogP contribution in [0.25, 0.3) is 0 Å². The van der Waals surface area contributed by atoms with Crippen LogP contribution in [-0.2, 0) is 0 Å². The van der Waals surface area contributed by atoms with Crippen molar-refractivity contribution in [3.8, 4) is 0 Å². The number of rotatable bonds is 2. The average Bonchev–Trinajstić information content (AvgIpc) is 2.08. The number of alkyl halides is 1. The molecule has 1 rings (SSSR count). The van der Waals surface area contributed by atoms with E-state index in [0.717, 1.165) is 18.2 Å². The van der Waals surface area contributed by atoms with Gasteiger partial charge in [-0.2, -0.15) is 0 Å². The highest BCUT2D eigenvalue weighted by Crippen LogP contribution is 2.20. The zero-order chi connectivity index (χ0) is 9.14. The molecule has 1 unspecified atom stereocenters. The normalized spacial score (nSPS) is 13.0. The SMILES string of the molecule is [CH2]C(CCl)c1cc(F)ccc1F. The zero-order valence-corrected chi connectivity index (χ0v) is 7.11. The fraction of sp³-hybridized carbons (Fsp3) is 0.222. The molecule has 0 fully saturated rings. The molecular formula is C9H8ClF2. The van der Waals surface area contributed by atoms with Gasteiger partial charge in [0.15, 0.2) is 0 Å². The fourth-order valence-corrected chi connectivity index (χ4v) is 1.08. The van der Waals surface area contributed by atoms with E-state index in [1.54, 1.807) is 0 Å². The van der Waals surface area contributed by atoms with E-state index in [9.17, 15) is 8.78 Å². The van der Waals surface area contributed by atoms with Crippen molar-refractivity contribution in [3.63, 3.8) is 0 Å². The van der Waals surface area contributed by atoms with Crippen molar-refractivity contribution >= 4 is 11.6 Å². The van der Waals surface area contributed by atoms with Gasteiger partial charge in [0.1, 0.15) is 11.6 Å². The van der Waals surface area contributed by atoms with Crippen molar-refractivity contribution in [1.29, 1.82) is 0 Å². The quantitative estimate of drug-likeness (QED) is 0.627. The molecule has 0 spiro atoms. The maximum atomic E-state index is 12.9. The molecule has 1 aromatic carbocycles. The van der Waals surface area contributed by atoms with Crippen LogP contribution in [0.3, 0.4) is 0 Å². The lowest BCUT2D eigenvalue weighted by Crippen LogP contribution is -1.99. The third-order valence-corrected chi connectivity index (χ3v) is 1.96. The number of hydrogen-bond acceptors (Lipinski definition) is 0. The van der Waals surface area contributed by atoms with Gasteiger partial charge in [0, 0.05) is 11.8 Å². The zero-order valence-electron chi connectivity index (χ0n) is 6.36. The molecule has 1 aromatic rings. The Morgan fingerprint density at radius 1 is 1.42 bits per heavy atom. The van der Waals surface area contributed by atoms with E-state index < -0.39 is 17.6 Å². The summed E-state index contributed by atoms with van der Waals surface area (Å²) in [6.45, 7) is 3.59. The Hall–Kier alpha value is -0.630. The first-order valence-corrected chi connectivity index (χ1v) is 4.02. The van der Waals surface area contributed by atoms with Gasteiger partial charge in [-0.1, -0.05) is 0 Å². The molecule has 1 atom stereocenters. The molecule has 65 valence electrons. The summed E-state index contributed by atoms with van der Waals surface area (Å²) in [5, 5.41) is 0. The van der Waals surface area contributed by atoms with Crippen LogP contribution in [0, 0.1) is 18.6 Å². The van der Waals surface area contributed by atoms with Crippen molar-refractivity contribution < 1.29 is 8.78 Å². The van der Waals surface area contributed by atoms with E-state index in [1.807, 2.05) is 0 Å². The molecule has 0 amide bonds. The molecule has 0 aliphatic rings. The maximum Gasteiger partial charge on any atom is 0.126 e. The third kappa shape index (κ3) is 1.95. The summed E-state index contributed by atoms with van der Waals surface area (Å²) in [7, 11) is 0. The molecule has 1 radical (unpaired) electrons. The minimum atomic E-state index is -0.467. The Bertz CT molecular complexity index is 273. The molecule has 0 aliphatic heterocycles. The van der Waals surface area contributed by atoms with Gasteiger partial charge in [-0.15, -0.1) is 11.6 Å². The summed E-state index contributed by atoms with van der Waals surface area (Å²) < 4.78 is 25.5. The van der Waals surface area contributed by atoms with Gasteiger partial charge in [0.05, 0.1) is 0 Å². The fourth-order valence-electron chi connectivity index (χ4n) is 0.911. The van der Waals surface area contributed by atoms with Crippen molar-refractivity contribution in [2.24, 2.45) is 0 Å². The van der Waals surface area contributed by atoms with Gasteiger partial charge in [0.25, 0.3) is 0 Å². The first kappa shape index (κ1) is 9.46. The van der Waals surface area contributed by atoms with Gasteiger partial charge >= 0.3 is 0 Å². The van der Waals surface area contributed by atoms with Crippen molar-refractivity contribution in [3.05, 3.63) is 42.3 Å². The Morgan fingerprint density at radius 3 is 2.67 bits per heavy atom. The van der Waals surface area contributed by atoms with Gasteiger partial charge in [-0.25, -0.2) is 8.78 Å². The number of benzene rings is 1. The van der Waals surface area contributed by atoms with Crippen molar-refractivity contribution in [1.82, 2.24) is 0 Å². The summed E-state index contributed by atoms with van der Waals surface area (Å²) in [4.78, 5) is 0. The van der Waals surface area contributed by atoms with Crippen LogP contribution in [0.5, 0.6) is 0 Å². The number of halogens is 3. The Labute approximate surface area is 75.2 Å². The van der Waals surface area contributed by atoms with Crippen LogP contribution < -0.4 is 0 Å². The van der Waals surface area contributed by atoms with Crippen LogP contribution in [0.1, 0.15) is 11.5 Å². The summed E-state index contributed by atoms with van der Waals surface area (Å²) >= 11 is 5.46. The van der Waals surface area contributed by atoms with E-state index >= 15 is 0 Å². The second kappa shape index (κ2) is 3.85. The lowest BCUT2D eigenvalue weighted by Gasteiger charge is -2.08. The first-order valence-electron chi connectivity index (χ1n) is 3.49. The molecule has 0 bridgehead atoms. The summed E-state index contributed by atoms with van der Waals surface area (Å²) in [5.41, 5.74) is 0.227. The molecule has 0 heterocycles. The minimum Gasteiger partial charge on any atom is -0.207 e. The molecule has 0 N–H and O–H groups in total. The van der Waals surface area contributed by atoms with Crippen LogP contribution in [0.2, 0.25) is 0 Å². The van der Waals surface area contributed by atoms with Gasteiger partial charge in [-0.3, -0.25) is 0 Å². The molecule has 0 saturated heterocycles. The molecular weight excluding hydrogens is 182 g/mol. The van der Waals surface area contributed by atoms with Gasteiger partial charge < -0.3 is 0 Å². The first-order chi connectivity index (χ1) is 5.65. The lowest BCUT2D eigenvalue weighted by atomic mass is 10.0. The van der Waals surface area contributed by atoms with Crippen LogP contribution in [0.4, 0.5) is 8.78 Å². The predicted molar refractivity (Wildman–Crippen MR) is 45.2 cm³/mol. The Kier molecular flexibility index (Phi) is 3.04. The average molecular weight is 190 g/mol. The van der Waals surface area contributed by atoms with E-state index in [0.29, 0.717) is 0 Å². The van der Waals surface area contributed by atoms with Gasteiger partial charge in [-0.05, 0) is 30.7 Å². The van der Waals surface area contributed by atoms with Crippen molar-refractivity contribution in [2.45, 2.75) is 5.92 Å². The van der Waals surface area contributed by atoms with Crippen LogP contribution >= 0.6 is 11.6 Å². The second-order valence-electron chi connectivity index (χ2n) is 2.52. The second-order valence-corrected chi connectivity index (χ2v) is 2.83. The molecule has 0 nitrogen and oxygen atoms in total. The largest absolute Gasteiger partial charge is 0.207 e. The van der Waals surface area contributed by atoms with E-state index in [1.165, 1.54) is 0 Å². The standard InChI is InChI=1S/C9H8ClF2/c1-6(5-10)8-4-7(11)2-3-9(8)12/h2-4,6H,1,5H2. The molecule has 0 aliphatic carbocycles. The maximum absolute atomic E-state index is 12.9. The topological polar surface area (TPSA) is 0 Å². The number of hydrogen-bond donors (Lipinski definition) is 0. The summed E-state index contributed by atoms with van der Waals surface area (Å²) in [6, 6.07) is 3.27. The van der Waals surface area contributed by atoms with E-state index in [2.05, 4.69) is 6.92 Å². The Morgan fingerprint density at radius 2 is 2.08 bits per heavy atom. The molecule has 12 heavy (non-hydrogen) atoms. The molecule has 3 heteroatoms. The van der Waals surface area contributed by atoms with E-state index in [4.69, 9.17) is 11.6 Å². The van der Waals surface area contributed by atoms with Crippen molar-refractivity contribution in [2.75, 3.05) is 5.88 Å². The molecule has 0 aromatic heterocycles. The Balaban J connectivity index is 3.04. The highest BCUT2D eigenvalue weighted by molar-refractivity contribution is 6.18. The van der Waals surface area contributed by atoms with Crippen LogP contribution in [0.15, 0.2) is 18.2 Å². The summed E-state index contributed by atoms with van der Waals surface area (Å²) in [6.07, 6.45) is 0. The monoisotopic (exact) mass is 189 g/mol. The predicted octanol–water partition coefficient (Wildman–Crippen LogP) is 3.12. The lowest BCUT2D eigenvalue weighted by molar-refractivity contribution is 0.581. The van der Waals surface area contributed by atoms with E-state index in [-0.39, 0.29) is 11.4 Å².